The van der Waals surface area contributed by atoms with Crippen LogP contribution < -0.4 is 15.4 Å². The van der Waals surface area contributed by atoms with Gasteiger partial charge in [0.05, 0.1) is 29.6 Å². The van der Waals surface area contributed by atoms with E-state index in [1.807, 2.05) is 42.7 Å². The van der Waals surface area contributed by atoms with E-state index in [0.29, 0.717) is 53.9 Å². The number of carbonyl (C=O) groups is 2. The number of ether oxygens (including phenoxy) is 1. The average molecular weight is 1090 g/mol. The molecule has 2 aromatic heterocycles. The number of aromatic hydroxyl groups is 2. The fourth-order valence-corrected chi connectivity index (χ4v) is 14.8. The van der Waals surface area contributed by atoms with Crippen molar-refractivity contribution in [2.24, 2.45) is 23.7 Å². The first-order chi connectivity index (χ1) is 39.4. The molecule has 1 saturated carbocycles. The Hall–Kier alpha value is -7.18. The van der Waals surface area contributed by atoms with E-state index in [1.165, 1.54) is 0 Å². The molecule has 2 fully saturated rings. The van der Waals surface area contributed by atoms with Gasteiger partial charge in [0, 0.05) is 66.5 Å². The van der Waals surface area contributed by atoms with Crippen LogP contribution >= 0.6 is 0 Å². The highest BCUT2D eigenvalue weighted by Crippen LogP contribution is 2.50. The normalized spacial score (nSPS) is 28.0. The molecule has 4 aliphatic carbocycles. The fraction of sp³-hybridized carbons (Fsp3) is 0.412. The first-order valence-electron chi connectivity index (χ1n) is 29.5. The van der Waals surface area contributed by atoms with E-state index < -0.39 is 59.9 Å². The van der Waals surface area contributed by atoms with E-state index in [4.69, 9.17) is 4.74 Å². The maximum atomic E-state index is 16.3. The lowest BCUT2D eigenvalue weighted by Crippen LogP contribution is -2.48. The van der Waals surface area contributed by atoms with E-state index in [-0.39, 0.29) is 78.8 Å². The highest BCUT2D eigenvalue weighted by molar-refractivity contribution is 6.05. The number of aromatic amines is 2. The van der Waals surface area contributed by atoms with Gasteiger partial charge < -0.3 is 56.0 Å². The van der Waals surface area contributed by atoms with Crippen molar-refractivity contribution >= 4 is 29.5 Å². The molecule has 81 heavy (non-hydrogen) atoms. The van der Waals surface area contributed by atoms with Gasteiger partial charge in [0.25, 0.3) is 0 Å². The monoisotopic (exact) mass is 1090 g/mol. The lowest BCUT2D eigenvalue weighted by molar-refractivity contribution is -0.135. The molecular formula is C68H72N4O9. The SMILES string of the molecule is O=C1CCc2cc(OC3CCCC3)c(O)c(c2)[C@@H](O)c2cc3c4cc2-c2ccccc2C[C@H]2CC[C@H](NC2)[C@H](C#C[C@H](Nc2[nH]ccc2C3)C2=Cc3[nH]ccc3[C@H](C[C@]3(O)C=Cc5c(O)cccc5CC3)[C@@H]2C(=O)[C@H]1CCO)[C@@H](O)C4. The summed E-state index contributed by atoms with van der Waals surface area (Å²) >= 11 is 0. The number of aromatic nitrogens is 2. The number of ketones is 2. The summed E-state index contributed by atoms with van der Waals surface area (Å²) in [7, 11) is 0. The molecular weight excluding hydrogens is 1020 g/mol. The molecule has 4 aliphatic heterocycles. The molecule has 13 nitrogen and oxygen atoms in total. The van der Waals surface area contributed by atoms with Gasteiger partial charge in [0.15, 0.2) is 17.3 Å². The Labute approximate surface area is 472 Å². The fourth-order valence-electron chi connectivity index (χ4n) is 14.8. The van der Waals surface area contributed by atoms with Crippen molar-refractivity contribution in [2.75, 3.05) is 18.5 Å². The summed E-state index contributed by atoms with van der Waals surface area (Å²) in [6.07, 6.45) is 14.1. The van der Waals surface area contributed by atoms with Gasteiger partial charge in [-0.3, -0.25) is 9.59 Å². The lowest BCUT2D eigenvalue weighted by Gasteiger charge is -2.39. The summed E-state index contributed by atoms with van der Waals surface area (Å²) in [6, 6.07) is 24.3. The summed E-state index contributed by atoms with van der Waals surface area (Å²) in [5, 5.41) is 81.0. The molecule has 1 saturated heterocycles. The van der Waals surface area contributed by atoms with E-state index >= 15 is 9.59 Å². The quantitative estimate of drug-likeness (QED) is 0.0560. The number of phenolic OH excluding ortho intramolecular Hbond substituents is 2. The molecule has 418 valence electrons. The maximum Gasteiger partial charge on any atom is 0.163 e. The number of phenols is 2. The number of aryl methyl sites for hydroxylation is 2. The van der Waals surface area contributed by atoms with E-state index in [0.717, 1.165) is 95.1 Å². The molecule has 0 unspecified atom stereocenters. The number of Topliss-reactive ketones (excluding diaryl/α,β-unsaturated/α-hetero) is 2. The summed E-state index contributed by atoms with van der Waals surface area (Å²) < 4.78 is 6.62. The minimum atomic E-state index is -1.47. The molecule has 6 aromatic rings. The molecule has 4 aromatic carbocycles. The molecule has 13 heteroatoms. The predicted molar refractivity (Wildman–Crippen MR) is 311 cm³/mol. The maximum absolute atomic E-state index is 16.3. The molecule has 6 heterocycles. The molecule has 10 bridgehead atoms. The van der Waals surface area contributed by atoms with Crippen LogP contribution in [0.3, 0.4) is 0 Å². The van der Waals surface area contributed by atoms with Crippen LogP contribution in [0.25, 0.3) is 23.3 Å². The number of rotatable bonds is 6. The Bertz CT molecular complexity index is 3530. The topological polar surface area (TPSA) is 220 Å². The van der Waals surface area contributed by atoms with Crippen LogP contribution in [0.5, 0.6) is 17.2 Å². The molecule has 0 amide bonds. The smallest absolute Gasteiger partial charge is 0.163 e. The first-order valence-corrected chi connectivity index (χ1v) is 29.5. The number of carbonyl (C=O) groups excluding carboxylic acids is 2. The van der Waals surface area contributed by atoms with Gasteiger partial charge >= 0.3 is 0 Å². The first kappa shape index (κ1) is 53.1. The third-order valence-electron chi connectivity index (χ3n) is 19.1. The van der Waals surface area contributed by atoms with Gasteiger partial charge in [0.2, 0.25) is 0 Å². The third-order valence-corrected chi connectivity index (χ3v) is 19.1. The second-order valence-corrected chi connectivity index (χ2v) is 24.2. The Balaban J connectivity index is 1.04. The van der Waals surface area contributed by atoms with Crippen molar-refractivity contribution in [1.82, 2.24) is 15.3 Å². The molecule has 8 aliphatic rings. The largest absolute Gasteiger partial charge is 0.507 e. The second-order valence-electron chi connectivity index (χ2n) is 24.2. The van der Waals surface area contributed by atoms with Gasteiger partial charge in [0.1, 0.15) is 29.5 Å². The predicted octanol–water partition coefficient (Wildman–Crippen LogP) is 9.32. The van der Waals surface area contributed by atoms with Gasteiger partial charge in [-0.15, -0.1) is 0 Å². The Morgan fingerprint density at radius 3 is 2.44 bits per heavy atom. The molecule has 0 spiro atoms. The third kappa shape index (κ3) is 10.2. The number of hydrogen-bond donors (Lipinski definition) is 10. The van der Waals surface area contributed by atoms with Crippen molar-refractivity contribution in [3.8, 4) is 40.2 Å². The van der Waals surface area contributed by atoms with Crippen molar-refractivity contribution in [1.29, 1.82) is 0 Å². The van der Waals surface area contributed by atoms with Gasteiger partial charge in [-0.25, -0.2) is 0 Å². The Morgan fingerprint density at radius 1 is 0.765 bits per heavy atom. The number of aliphatic hydroxyl groups excluding tert-OH is 3. The van der Waals surface area contributed by atoms with Crippen LogP contribution in [-0.4, -0.2) is 95.2 Å². The van der Waals surface area contributed by atoms with Gasteiger partial charge in [-0.1, -0.05) is 72.5 Å². The number of piperidine rings is 1. The lowest BCUT2D eigenvalue weighted by atomic mass is 9.65. The van der Waals surface area contributed by atoms with Crippen LogP contribution in [-0.2, 0) is 41.7 Å². The molecule has 10 atom stereocenters. The minimum absolute atomic E-state index is 0.0760. The van der Waals surface area contributed by atoms with Crippen LogP contribution in [0.15, 0.2) is 103 Å². The molecule has 0 radical (unpaired) electrons. The Morgan fingerprint density at radius 2 is 1.60 bits per heavy atom. The molecule has 10 N–H and O–H groups in total. The zero-order valence-corrected chi connectivity index (χ0v) is 45.6. The van der Waals surface area contributed by atoms with E-state index in [9.17, 15) is 30.6 Å². The highest BCUT2D eigenvalue weighted by atomic mass is 16.5. The van der Waals surface area contributed by atoms with Gasteiger partial charge in [-0.05, 0) is 194 Å². The van der Waals surface area contributed by atoms with Crippen molar-refractivity contribution in [3.63, 3.8) is 0 Å². The summed E-state index contributed by atoms with van der Waals surface area (Å²) in [6.45, 7) is 0.257. The summed E-state index contributed by atoms with van der Waals surface area (Å²) in [4.78, 5) is 38.5. The van der Waals surface area contributed by atoms with Crippen LogP contribution in [0.4, 0.5) is 5.82 Å². The number of nitrogens with one attached hydrogen (secondary N) is 4. The number of hydrogen-bond acceptors (Lipinski definition) is 11. The number of aliphatic hydroxyl groups is 4. The zero-order valence-electron chi connectivity index (χ0n) is 45.6. The molecule has 14 rings (SSSR count). The van der Waals surface area contributed by atoms with Crippen LogP contribution in [0.2, 0.25) is 0 Å². The van der Waals surface area contributed by atoms with E-state index in [1.54, 1.807) is 36.4 Å². The average Bonchev–Trinajstić information content (AvgIpc) is 4.32. The van der Waals surface area contributed by atoms with Crippen molar-refractivity contribution in [3.05, 3.63) is 164 Å². The second kappa shape index (κ2) is 21.9. The standard InChI is InChI=1S/C68H72N4O9/c73-27-22-50-60(75)17-13-38-29-54(65(78)62(30-38)81-45-8-2-3-9-45)64(77)52-33-43-31-42-20-25-70-67(42)72-57(16-14-49-56-15-12-39(37-71-56)28-41-6-1-4-10-46(41)51(52)32-44(43)34-61(49)76)53-35-58-48(21-26-69-58)55(63(53)66(50)79)36-68(80)23-18-40-7-5-11-59(74)47(40)19-24-68/h1,4-7,10-11,19-21,24-26,29-30,32-33,35,39,45,49-50,55-57,61,63-64,69-74,76-78,80H,2-3,8-9,12-13,15,17-18,22-23,27-28,31,34,36-37H2/t39-,49+,50+,55+,56+,57+,61+,63-,64+,68-/m1/s1. The Kier molecular flexibility index (Phi) is 14.4. The van der Waals surface area contributed by atoms with Gasteiger partial charge in [-0.2, -0.15) is 0 Å². The highest BCUT2D eigenvalue weighted by Gasteiger charge is 2.47. The van der Waals surface area contributed by atoms with E-state index in [2.05, 4.69) is 62.8 Å². The zero-order chi connectivity index (χ0) is 55.5. The number of anilines is 1. The van der Waals surface area contributed by atoms with Crippen molar-refractivity contribution in [2.45, 2.75) is 138 Å². The van der Waals surface area contributed by atoms with Crippen LogP contribution in [0, 0.1) is 35.5 Å². The number of H-pyrrole nitrogens is 2. The summed E-state index contributed by atoms with van der Waals surface area (Å²) in [5.74, 6) is 4.02. The summed E-state index contributed by atoms with van der Waals surface area (Å²) in [5.41, 5.74) is 9.16. The van der Waals surface area contributed by atoms with Crippen molar-refractivity contribution < 1.29 is 45.0 Å². The van der Waals surface area contributed by atoms with Crippen LogP contribution in [0.1, 0.15) is 138 Å². The number of fused-ring (bicyclic) bond motifs is 10. The minimum Gasteiger partial charge on any atom is -0.507 e. The number of benzene rings is 4.